The number of hydrogen-bond donors (Lipinski definition) is 1. The number of nitrogens with zero attached hydrogens (tertiary/aromatic N) is 3. The monoisotopic (exact) mass is 360 g/mol. The molecule has 1 atom stereocenters. The number of H-pyrrole nitrogens is 1. The first-order chi connectivity index (χ1) is 12.2. The quantitative estimate of drug-likeness (QED) is 0.773. The van der Waals surface area contributed by atoms with E-state index >= 15 is 0 Å². The maximum atomic E-state index is 12.7. The van der Waals surface area contributed by atoms with E-state index in [2.05, 4.69) is 19.9 Å². The molecule has 3 aromatic rings. The first kappa shape index (κ1) is 17.8. The summed E-state index contributed by atoms with van der Waals surface area (Å²) in [6, 6.07) is 7.99. The summed E-state index contributed by atoms with van der Waals surface area (Å²) in [6.07, 6.45) is -3.02. The van der Waals surface area contributed by atoms with Crippen molar-refractivity contribution in [3.8, 4) is 11.4 Å². The van der Waals surface area contributed by atoms with Gasteiger partial charge >= 0.3 is 6.18 Å². The summed E-state index contributed by atoms with van der Waals surface area (Å²) in [4.78, 5) is 26.8. The van der Waals surface area contributed by atoms with Gasteiger partial charge in [-0.15, -0.1) is 0 Å². The predicted molar refractivity (Wildman–Crippen MR) is 89.6 cm³/mol. The number of benzene rings is 1. The Labute approximate surface area is 147 Å². The van der Waals surface area contributed by atoms with Crippen molar-refractivity contribution < 1.29 is 13.2 Å². The lowest BCUT2D eigenvalue weighted by atomic mass is 9.96. The molecule has 0 aliphatic heterocycles. The van der Waals surface area contributed by atoms with Crippen LogP contribution in [-0.2, 0) is 6.18 Å². The van der Waals surface area contributed by atoms with Crippen LogP contribution in [0.15, 0.2) is 47.5 Å². The molecule has 1 aromatic carbocycles. The van der Waals surface area contributed by atoms with E-state index in [1.807, 2.05) is 6.92 Å². The van der Waals surface area contributed by atoms with E-state index < -0.39 is 11.7 Å². The summed E-state index contributed by atoms with van der Waals surface area (Å²) >= 11 is 0. The third-order valence-electron chi connectivity index (χ3n) is 3.99. The average Bonchev–Trinajstić information content (AvgIpc) is 2.60. The smallest absolute Gasteiger partial charge is 0.311 e. The van der Waals surface area contributed by atoms with Crippen LogP contribution in [0.2, 0.25) is 0 Å². The molecule has 0 aliphatic rings. The minimum absolute atomic E-state index is 0.248. The fraction of sp³-hybridized carbons (Fsp3) is 0.222. The fourth-order valence-corrected chi connectivity index (χ4v) is 2.59. The lowest BCUT2D eigenvalue weighted by Crippen LogP contribution is -2.09. The van der Waals surface area contributed by atoms with Crippen molar-refractivity contribution in [1.82, 2.24) is 19.9 Å². The minimum atomic E-state index is -4.37. The van der Waals surface area contributed by atoms with Crippen molar-refractivity contribution >= 4 is 0 Å². The molecule has 0 saturated carbocycles. The van der Waals surface area contributed by atoms with Crippen molar-refractivity contribution in [1.29, 1.82) is 0 Å². The summed E-state index contributed by atoms with van der Waals surface area (Å²) in [7, 11) is 0. The molecule has 8 heteroatoms. The van der Waals surface area contributed by atoms with Gasteiger partial charge in [-0.1, -0.05) is 19.1 Å². The van der Waals surface area contributed by atoms with Gasteiger partial charge in [0.2, 0.25) is 0 Å². The van der Waals surface area contributed by atoms with Gasteiger partial charge in [0.25, 0.3) is 5.56 Å². The van der Waals surface area contributed by atoms with Crippen LogP contribution in [-0.4, -0.2) is 19.9 Å². The molecule has 0 radical (unpaired) electrons. The highest BCUT2D eigenvalue weighted by Gasteiger charge is 2.30. The van der Waals surface area contributed by atoms with E-state index in [9.17, 15) is 18.0 Å². The summed E-state index contributed by atoms with van der Waals surface area (Å²) < 4.78 is 38.1. The maximum absolute atomic E-state index is 12.7. The van der Waals surface area contributed by atoms with Gasteiger partial charge < -0.3 is 4.98 Å². The SMILES string of the molecule is Cc1nc(-c2cc([C@@H](C)c3ccc(C(F)(F)F)cc3)ncn2)cc(=O)[nH]1. The Hall–Kier alpha value is -3.03. The molecule has 134 valence electrons. The Balaban J connectivity index is 1.93. The van der Waals surface area contributed by atoms with Gasteiger partial charge in [-0.25, -0.2) is 15.0 Å². The Morgan fingerprint density at radius 1 is 1.04 bits per heavy atom. The number of aromatic amines is 1. The summed E-state index contributed by atoms with van der Waals surface area (Å²) in [6.45, 7) is 3.50. The number of hydrogen-bond acceptors (Lipinski definition) is 4. The van der Waals surface area contributed by atoms with Crippen LogP contribution in [0.25, 0.3) is 11.4 Å². The Morgan fingerprint density at radius 3 is 2.35 bits per heavy atom. The molecule has 5 nitrogen and oxygen atoms in total. The van der Waals surface area contributed by atoms with Crippen molar-refractivity contribution in [2.45, 2.75) is 25.9 Å². The molecule has 0 spiro atoms. The van der Waals surface area contributed by atoms with E-state index in [0.29, 0.717) is 28.5 Å². The topological polar surface area (TPSA) is 71.5 Å². The molecule has 0 bridgehead atoms. The van der Waals surface area contributed by atoms with Crippen LogP contribution in [0.4, 0.5) is 13.2 Å². The molecule has 2 heterocycles. The van der Waals surface area contributed by atoms with Gasteiger partial charge in [0.15, 0.2) is 0 Å². The summed E-state index contributed by atoms with van der Waals surface area (Å²) in [5.41, 5.74) is 1.22. The number of halogens is 3. The van der Waals surface area contributed by atoms with Gasteiger partial charge in [-0.05, 0) is 30.7 Å². The Kier molecular flexibility index (Phi) is 4.58. The van der Waals surface area contributed by atoms with Gasteiger partial charge in [0, 0.05) is 12.0 Å². The molecular formula is C18H15F3N4O. The molecule has 0 unspecified atom stereocenters. The Bertz CT molecular complexity index is 981. The van der Waals surface area contributed by atoms with Gasteiger partial charge in [-0.2, -0.15) is 13.2 Å². The number of aryl methyl sites for hydroxylation is 1. The summed E-state index contributed by atoms with van der Waals surface area (Å²) in [5.74, 6) is 0.213. The van der Waals surface area contributed by atoms with E-state index in [-0.39, 0.29) is 11.5 Å². The highest BCUT2D eigenvalue weighted by atomic mass is 19.4. The van der Waals surface area contributed by atoms with E-state index in [1.165, 1.54) is 24.5 Å². The molecule has 2 aromatic heterocycles. The minimum Gasteiger partial charge on any atom is -0.311 e. The lowest BCUT2D eigenvalue weighted by Gasteiger charge is -2.14. The van der Waals surface area contributed by atoms with Gasteiger partial charge in [-0.3, -0.25) is 4.79 Å². The second-order valence-electron chi connectivity index (χ2n) is 5.89. The van der Waals surface area contributed by atoms with E-state index in [0.717, 1.165) is 12.1 Å². The molecular weight excluding hydrogens is 345 g/mol. The van der Waals surface area contributed by atoms with E-state index in [1.54, 1.807) is 13.0 Å². The largest absolute Gasteiger partial charge is 0.416 e. The standard InChI is InChI=1S/C18H15F3N4O/c1-10(12-3-5-13(6-4-12)18(19,20)21)14-7-15(23-9-22-14)16-8-17(26)25-11(2)24-16/h3-10H,1-2H3,(H,24,25,26)/t10-/m0/s1. The van der Waals surface area contributed by atoms with Crippen LogP contribution in [0.1, 0.15) is 35.5 Å². The van der Waals surface area contributed by atoms with Crippen molar-refractivity contribution in [2.24, 2.45) is 0 Å². The maximum Gasteiger partial charge on any atom is 0.416 e. The Morgan fingerprint density at radius 2 is 1.73 bits per heavy atom. The molecule has 0 amide bonds. The molecule has 0 fully saturated rings. The van der Waals surface area contributed by atoms with E-state index in [4.69, 9.17) is 0 Å². The first-order valence-corrected chi connectivity index (χ1v) is 7.81. The third-order valence-corrected chi connectivity index (χ3v) is 3.99. The van der Waals surface area contributed by atoms with Crippen LogP contribution in [0.5, 0.6) is 0 Å². The summed E-state index contributed by atoms with van der Waals surface area (Å²) in [5, 5.41) is 0. The van der Waals surface area contributed by atoms with Crippen LogP contribution < -0.4 is 5.56 Å². The van der Waals surface area contributed by atoms with Crippen molar-refractivity contribution in [3.05, 3.63) is 75.7 Å². The number of nitrogens with one attached hydrogen (secondary N) is 1. The second-order valence-corrected chi connectivity index (χ2v) is 5.89. The van der Waals surface area contributed by atoms with Crippen LogP contribution in [0.3, 0.4) is 0 Å². The zero-order valence-corrected chi connectivity index (χ0v) is 14.0. The number of aromatic nitrogens is 4. The van der Waals surface area contributed by atoms with Gasteiger partial charge in [0.05, 0.1) is 22.6 Å². The highest BCUT2D eigenvalue weighted by Crippen LogP contribution is 2.31. The molecule has 0 aliphatic carbocycles. The van der Waals surface area contributed by atoms with Crippen molar-refractivity contribution in [2.75, 3.05) is 0 Å². The predicted octanol–water partition coefficient (Wildman–Crippen LogP) is 3.71. The van der Waals surface area contributed by atoms with Gasteiger partial charge in [0.1, 0.15) is 12.2 Å². The second kappa shape index (κ2) is 6.70. The van der Waals surface area contributed by atoms with Crippen LogP contribution >= 0.6 is 0 Å². The third kappa shape index (κ3) is 3.79. The van der Waals surface area contributed by atoms with Crippen molar-refractivity contribution in [3.63, 3.8) is 0 Å². The lowest BCUT2D eigenvalue weighted by molar-refractivity contribution is -0.137. The molecule has 3 rings (SSSR count). The molecule has 1 N–H and O–H groups in total. The first-order valence-electron chi connectivity index (χ1n) is 7.81. The number of rotatable bonds is 3. The highest BCUT2D eigenvalue weighted by molar-refractivity contribution is 5.54. The number of alkyl halides is 3. The normalized spacial score (nSPS) is 12.8. The zero-order valence-electron chi connectivity index (χ0n) is 14.0. The fourth-order valence-electron chi connectivity index (χ4n) is 2.59. The zero-order chi connectivity index (χ0) is 18.9. The molecule has 26 heavy (non-hydrogen) atoms. The van der Waals surface area contributed by atoms with Crippen LogP contribution in [0, 0.1) is 6.92 Å². The average molecular weight is 360 g/mol. The molecule has 0 saturated heterocycles.